The molecule has 0 atom stereocenters. The predicted octanol–water partition coefficient (Wildman–Crippen LogP) is 4.03. The summed E-state index contributed by atoms with van der Waals surface area (Å²) >= 11 is 0. The molecule has 1 aliphatic carbocycles. The highest BCUT2D eigenvalue weighted by Crippen LogP contribution is 2.26. The lowest BCUT2D eigenvalue weighted by Crippen LogP contribution is -2.32. The molecule has 0 radical (unpaired) electrons. The molecule has 6 N–H and O–H groups in total. The lowest BCUT2D eigenvalue weighted by molar-refractivity contribution is 0.153. The van der Waals surface area contributed by atoms with Gasteiger partial charge in [0, 0.05) is 13.6 Å². The summed E-state index contributed by atoms with van der Waals surface area (Å²) in [4.78, 5) is 12.9. The highest BCUT2D eigenvalue weighted by molar-refractivity contribution is 5.64. The zero-order valence-electron chi connectivity index (χ0n) is 21.3. The SMILES string of the molecule is Cc1nc(/C(N)=C(\CNc2ncc(F)c(NCCC(C)C)n2)N(C)N)ccc1OC1CCCCC1. The number of rotatable bonds is 11. The van der Waals surface area contributed by atoms with Crippen molar-refractivity contribution < 1.29 is 9.13 Å². The molecule has 1 saturated carbocycles. The second-order valence-corrected chi connectivity index (χ2v) is 9.48. The minimum absolute atomic E-state index is 0.161. The molecule has 0 amide bonds. The molecule has 3 rings (SSSR count). The van der Waals surface area contributed by atoms with Crippen molar-refractivity contribution in [2.24, 2.45) is 17.5 Å². The minimum Gasteiger partial charge on any atom is -0.489 e. The average Bonchev–Trinajstić information content (AvgIpc) is 2.82. The molecule has 9 nitrogen and oxygen atoms in total. The maximum atomic E-state index is 14.1. The van der Waals surface area contributed by atoms with E-state index in [-0.39, 0.29) is 24.4 Å². The number of halogens is 1. The van der Waals surface area contributed by atoms with Crippen molar-refractivity contribution in [3.8, 4) is 5.75 Å². The van der Waals surface area contributed by atoms with Gasteiger partial charge in [0.05, 0.1) is 41.6 Å². The van der Waals surface area contributed by atoms with Crippen LogP contribution < -0.4 is 26.9 Å². The van der Waals surface area contributed by atoms with Crippen molar-refractivity contribution in [1.29, 1.82) is 0 Å². The van der Waals surface area contributed by atoms with E-state index in [1.165, 1.54) is 24.3 Å². The van der Waals surface area contributed by atoms with E-state index in [2.05, 4.69) is 39.4 Å². The third kappa shape index (κ3) is 7.68. The van der Waals surface area contributed by atoms with Crippen LogP contribution in [0, 0.1) is 18.7 Å². The van der Waals surface area contributed by atoms with Crippen LogP contribution in [-0.4, -0.2) is 46.2 Å². The van der Waals surface area contributed by atoms with Crippen LogP contribution in [0.4, 0.5) is 16.2 Å². The Bertz CT molecular complexity index is 1000. The van der Waals surface area contributed by atoms with E-state index in [1.807, 2.05) is 19.1 Å². The molecule has 0 bridgehead atoms. The van der Waals surface area contributed by atoms with Crippen LogP contribution in [0.5, 0.6) is 5.75 Å². The van der Waals surface area contributed by atoms with E-state index in [1.54, 1.807) is 7.05 Å². The maximum absolute atomic E-state index is 14.1. The fourth-order valence-corrected chi connectivity index (χ4v) is 3.96. The first kappa shape index (κ1) is 26.5. The number of anilines is 2. The molecule has 0 saturated heterocycles. The number of hydrogen-bond donors (Lipinski definition) is 4. The van der Waals surface area contributed by atoms with Crippen LogP contribution in [0.25, 0.3) is 5.70 Å². The number of hydrazine groups is 1. The van der Waals surface area contributed by atoms with Gasteiger partial charge >= 0.3 is 0 Å². The summed E-state index contributed by atoms with van der Waals surface area (Å²) in [6.45, 7) is 7.00. The predicted molar refractivity (Wildman–Crippen MR) is 138 cm³/mol. The second kappa shape index (κ2) is 12.5. The second-order valence-electron chi connectivity index (χ2n) is 9.48. The van der Waals surface area contributed by atoms with Crippen LogP contribution in [0.15, 0.2) is 24.0 Å². The van der Waals surface area contributed by atoms with Crippen molar-refractivity contribution in [2.75, 3.05) is 30.8 Å². The zero-order valence-corrected chi connectivity index (χ0v) is 21.3. The van der Waals surface area contributed by atoms with Gasteiger partial charge in [-0.2, -0.15) is 4.98 Å². The number of aryl methyl sites for hydroxylation is 1. The highest BCUT2D eigenvalue weighted by Gasteiger charge is 2.18. The van der Waals surface area contributed by atoms with Gasteiger partial charge < -0.3 is 26.1 Å². The summed E-state index contributed by atoms with van der Waals surface area (Å²) in [5, 5.41) is 7.54. The number of nitrogens with zero attached hydrogens (tertiary/aromatic N) is 4. The van der Waals surface area contributed by atoms with Gasteiger partial charge in [-0.25, -0.2) is 20.2 Å². The van der Waals surface area contributed by atoms with Gasteiger partial charge in [0.2, 0.25) is 5.95 Å². The van der Waals surface area contributed by atoms with Crippen LogP contribution in [-0.2, 0) is 0 Å². The normalized spacial score (nSPS) is 15.1. The number of hydrogen-bond acceptors (Lipinski definition) is 9. The number of ether oxygens (including phenoxy) is 1. The first-order chi connectivity index (χ1) is 16.7. The summed E-state index contributed by atoms with van der Waals surface area (Å²) in [5.41, 5.74) is 8.86. The summed E-state index contributed by atoms with van der Waals surface area (Å²) in [6.07, 6.45) is 8.15. The lowest BCUT2D eigenvalue weighted by atomic mass is 9.98. The quantitative estimate of drug-likeness (QED) is 0.275. The van der Waals surface area contributed by atoms with E-state index < -0.39 is 5.82 Å². The van der Waals surface area contributed by atoms with E-state index in [0.29, 0.717) is 29.6 Å². The lowest BCUT2D eigenvalue weighted by Gasteiger charge is -2.24. The van der Waals surface area contributed by atoms with Gasteiger partial charge in [-0.1, -0.05) is 20.3 Å². The molecule has 2 aromatic rings. The number of pyridine rings is 1. The van der Waals surface area contributed by atoms with Crippen molar-refractivity contribution in [1.82, 2.24) is 20.0 Å². The number of nitrogens with two attached hydrogens (primary N) is 2. The molecule has 1 fully saturated rings. The molecule has 1 aliphatic rings. The number of nitrogens with one attached hydrogen (secondary N) is 2. The fourth-order valence-electron chi connectivity index (χ4n) is 3.96. The van der Waals surface area contributed by atoms with Gasteiger partial charge in [-0.05, 0) is 57.1 Å². The fraction of sp³-hybridized carbons (Fsp3) is 0.560. The first-order valence-electron chi connectivity index (χ1n) is 12.4. The molecule has 0 aromatic carbocycles. The zero-order chi connectivity index (χ0) is 25.4. The number of likely N-dealkylation sites (N-methyl/N-ethyl adjacent to an activating group) is 1. The molecule has 2 heterocycles. The monoisotopic (exact) mass is 486 g/mol. The summed E-state index contributed by atoms with van der Waals surface area (Å²) in [5.74, 6) is 7.29. The molecular weight excluding hydrogens is 447 g/mol. The van der Waals surface area contributed by atoms with E-state index >= 15 is 0 Å². The van der Waals surface area contributed by atoms with Gasteiger partial charge in [0.15, 0.2) is 11.6 Å². The largest absolute Gasteiger partial charge is 0.489 e. The maximum Gasteiger partial charge on any atom is 0.225 e. The van der Waals surface area contributed by atoms with E-state index in [0.717, 1.165) is 36.9 Å². The molecule has 0 unspecified atom stereocenters. The Labute approximate surface area is 207 Å². The Balaban J connectivity index is 1.71. The van der Waals surface area contributed by atoms with Crippen LogP contribution in [0.3, 0.4) is 0 Å². The third-order valence-electron chi connectivity index (χ3n) is 6.07. The van der Waals surface area contributed by atoms with Crippen LogP contribution in [0.1, 0.15) is 63.8 Å². The molecule has 2 aromatic heterocycles. The minimum atomic E-state index is -0.499. The smallest absolute Gasteiger partial charge is 0.225 e. The summed E-state index contributed by atoms with van der Waals surface area (Å²) < 4.78 is 20.3. The standard InChI is InChI=1S/C25H39FN8O/c1-16(2)12-13-29-24-19(26)14-30-25(33-24)31-15-21(34(4)28)23(27)20-10-11-22(17(3)32-20)35-18-8-6-5-7-9-18/h10-11,14,16,18H,5-9,12-13,15,27-28H2,1-4H3,(H2,29,30,31,33)/b23-21-. The summed E-state index contributed by atoms with van der Waals surface area (Å²) in [7, 11) is 1.70. The van der Waals surface area contributed by atoms with Gasteiger partial charge in [0.25, 0.3) is 0 Å². The summed E-state index contributed by atoms with van der Waals surface area (Å²) in [6, 6.07) is 3.76. The topological polar surface area (TPSA) is 127 Å². The van der Waals surface area contributed by atoms with Crippen molar-refractivity contribution in [3.63, 3.8) is 0 Å². The van der Waals surface area contributed by atoms with Crippen LogP contribution >= 0.6 is 0 Å². The Morgan fingerprint density at radius 2 is 1.94 bits per heavy atom. The third-order valence-corrected chi connectivity index (χ3v) is 6.07. The van der Waals surface area contributed by atoms with Crippen molar-refractivity contribution >= 4 is 17.5 Å². The number of aromatic nitrogens is 3. The van der Waals surface area contributed by atoms with Crippen molar-refractivity contribution in [3.05, 3.63) is 41.2 Å². The first-order valence-corrected chi connectivity index (χ1v) is 12.4. The van der Waals surface area contributed by atoms with Gasteiger partial charge in [-0.3, -0.25) is 0 Å². The molecule has 10 heteroatoms. The Morgan fingerprint density at radius 3 is 2.60 bits per heavy atom. The average molecular weight is 487 g/mol. The molecular formula is C25H39FN8O. The molecule has 192 valence electrons. The van der Waals surface area contributed by atoms with E-state index in [9.17, 15) is 4.39 Å². The molecule has 35 heavy (non-hydrogen) atoms. The van der Waals surface area contributed by atoms with E-state index in [4.69, 9.17) is 16.3 Å². The van der Waals surface area contributed by atoms with Crippen molar-refractivity contribution in [2.45, 2.75) is 65.4 Å². The van der Waals surface area contributed by atoms with Gasteiger partial charge in [0.1, 0.15) is 5.75 Å². The Kier molecular flexibility index (Phi) is 9.47. The Hall–Kier alpha value is -3.14. The van der Waals surface area contributed by atoms with Crippen LogP contribution in [0.2, 0.25) is 0 Å². The molecule has 0 aliphatic heterocycles. The Morgan fingerprint density at radius 1 is 1.20 bits per heavy atom. The highest BCUT2D eigenvalue weighted by atomic mass is 19.1. The van der Waals surface area contributed by atoms with Gasteiger partial charge in [-0.15, -0.1) is 0 Å². The molecule has 0 spiro atoms.